The summed E-state index contributed by atoms with van der Waals surface area (Å²) in [7, 11) is 0. The van der Waals surface area contributed by atoms with E-state index in [1.807, 2.05) is 6.92 Å². The van der Waals surface area contributed by atoms with Gasteiger partial charge in [0, 0.05) is 11.4 Å². The molecular formula is C16H22N2OS. The van der Waals surface area contributed by atoms with Crippen LogP contribution in [-0.4, -0.2) is 11.5 Å². The molecule has 0 bridgehead atoms. The van der Waals surface area contributed by atoms with Crippen LogP contribution >= 0.6 is 11.8 Å². The predicted molar refractivity (Wildman–Crippen MR) is 83.1 cm³/mol. The molecule has 1 aromatic carbocycles. The van der Waals surface area contributed by atoms with Crippen molar-refractivity contribution in [2.24, 2.45) is 5.92 Å². The van der Waals surface area contributed by atoms with Crippen molar-refractivity contribution in [3.63, 3.8) is 0 Å². The van der Waals surface area contributed by atoms with E-state index in [-0.39, 0.29) is 0 Å². The average molecular weight is 290 g/mol. The van der Waals surface area contributed by atoms with Crippen LogP contribution in [-0.2, 0) is 6.54 Å². The Balaban J connectivity index is 1.98. The number of hydrogen-bond donors (Lipinski definition) is 1. The lowest BCUT2D eigenvalue weighted by atomic mass is 10.1. The van der Waals surface area contributed by atoms with Crippen molar-refractivity contribution in [1.82, 2.24) is 10.3 Å². The highest BCUT2D eigenvalue weighted by Crippen LogP contribution is 2.30. The van der Waals surface area contributed by atoms with Gasteiger partial charge in [0.15, 0.2) is 0 Å². The minimum absolute atomic E-state index is 0.680. The first-order valence-electron chi connectivity index (χ1n) is 6.95. The van der Waals surface area contributed by atoms with E-state index in [4.69, 9.17) is 4.42 Å². The molecule has 0 atom stereocenters. The lowest BCUT2D eigenvalue weighted by Crippen LogP contribution is -2.18. The van der Waals surface area contributed by atoms with E-state index in [0.717, 1.165) is 18.8 Å². The van der Waals surface area contributed by atoms with Crippen molar-refractivity contribution in [3.8, 4) is 0 Å². The molecule has 0 unspecified atom stereocenters. The number of nitrogens with zero attached hydrogens (tertiary/aromatic N) is 1. The molecule has 20 heavy (non-hydrogen) atoms. The third kappa shape index (κ3) is 4.39. The smallest absolute Gasteiger partial charge is 0.260 e. The molecule has 0 aliphatic heterocycles. The van der Waals surface area contributed by atoms with E-state index in [0.29, 0.717) is 11.1 Å². The summed E-state index contributed by atoms with van der Waals surface area (Å²) in [6.07, 6.45) is 1.68. The van der Waals surface area contributed by atoms with Gasteiger partial charge in [-0.3, -0.25) is 0 Å². The zero-order chi connectivity index (χ0) is 14.5. The van der Waals surface area contributed by atoms with Crippen LogP contribution in [0.2, 0.25) is 0 Å². The van der Waals surface area contributed by atoms with Crippen LogP contribution in [0.4, 0.5) is 0 Å². The van der Waals surface area contributed by atoms with Gasteiger partial charge in [0.2, 0.25) is 0 Å². The third-order valence-corrected chi connectivity index (χ3v) is 3.96. The standard InChI is InChI=1S/C16H22N2OS/c1-11(2)8-17-9-14-5-6-15(12(3)7-14)20-16-18-13(4)10-19-16/h5-7,10-11,17H,8-9H2,1-4H3. The highest BCUT2D eigenvalue weighted by Gasteiger charge is 2.07. The van der Waals surface area contributed by atoms with Gasteiger partial charge in [0.1, 0.15) is 6.26 Å². The predicted octanol–water partition coefficient (Wildman–Crippen LogP) is 4.19. The fraction of sp³-hybridized carbons (Fsp3) is 0.438. The lowest BCUT2D eigenvalue weighted by Gasteiger charge is -2.09. The molecule has 1 aromatic heterocycles. The van der Waals surface area contributed by atoms with Crippen molar-refractivity contribution in [2.45, 2.75) is 44.4 Å². The molecule has 0 saturated heterocycles. The van der Waals surface area contributed by atoms with Gasteiger partial charge in [-0.05, 0) is 55.3 Å². The molecule has 2 rings (SSSR count). The summed E-state index contributed by atoms with van der Waals surface area (Å²) >= 11 is 1.57. The van der Waals surface area contributed by atoms with Crippen LogP contribution in [0.15, 0.2) is 39.0 Å². The van der Waals surface area contributed by atoms with Crippen LogP contribution in [0.25, 0.3) is 0 Å². The molecule has 1 N–H and O–H groups in total. The summed E-state index contributed by atoms with van der Waals surface area (Å²) in [6.45, 7) is 10.5. The zero-order valence-corrected chi connectivity index (χ0v) is 13.4. The molecule has 0 fully saturated rings. The summed E-state index contributed by atoms with van der Waals surface area (Å²) in [5.41, 5.74) is 3.49. The highest BCUT2D eigenvalue weighted by atomic mass is 32.2. The first-order chi connectivity index (χ1) is 9.54. The van der Waals surface area contributed by atoms with Gasteiger partial charge >= 0.3 is 0 Å². The van der Waals surface area contributed by atoms with Crippen LogP contribution in [0.5, 0.6) is 0 Å². The Morgan fingerprint density at radius 2 is 2.10 bits per heavy atom. The van der Waals surface area contributed by atoms with Gasteiger partial charge in [-0.25, -0.2) is 4.98 Å². The second kappa shape index (κ2) is 6.95. The number of benzene rings is 1. The van der Waals surface area contributed by atoms with Crippen molar-refractivity contribution in [3.05, 3.63) is 41.3 Å². The molecule has 0 spiro atoms. The lowest BCUT2D eigenvalue weighted by molar-refractivity contribution is 0.454. The molecule has 108 valence electrons. The highest BCUT2D eigenvalue weighted by molar-refractivity contribution is 7.99. The van der Waals surface area contributed by atoms with Crippen molar-refractivity contribution >= 4 is 11.8 Å². The van der Waals surface area contributed by atoms with Crippen molar-refractivity contribution in [1.29, 1.82) is 0 Å². The SMILES string of the molecule is Cc1coc(Sc2ccc(CNCC(C)C)cc2C)n1. The Bertz CT molecular complexity index is 563. The van der Waals surface area contributed by atoms with Gasteiger partial charge in [0.05, 0.1) is 5.69 Å². The van der Waals surface area contributed by atoms with Gasteiger partial charge < -0.3 is 9.73 Å². The molecule has 0 aliphatic carbocycles. The quantitative estimate of drug-likeness (QED) is 0.865. The summed E-state index contributed by atoms with van der Waals surface area (Å²) < 4.78 is 5.38. The molecule has 4 heteroatoms. The topological polar surface area (TPSA) is 38.1 Å². The number of rotatable bonds is 6. The first-order valence-corrected chi connectivity index (χ1v) is 7.76. The molecule has 2 aromatic rings. The fourth-order valence-electron chi connectivity index (χ4n) is 1.91. The second-order valence-corrected chi connectivity index (χ2v) is 6.47. The van der Waals surface area contributed by atoms with Gasteiger partial charge in [0.25, 0.3) is 5.22 Å². The fourth-order valence-corrected chi connectivity index (χ4v) is 2.74. The van der Waals surface area contributed by atoms with Gasteiger partial charge in [-0.15, -0.1) is 0 Å². The summed E-state index contributed by atoms with van der Waals surface area (Å²) in [4.78, 5) is 5.52. The normalized spacial score (nSPS) is 11.2. The Kier molecular flexibility index (Phi) is 5.26. The summed E-state index contributed by atoms with van der Waals surface area (Å²) in [5.74, 6) is 0.680. The Morgan fingerprint density at radius 1 is 1.30 bits per heavy atom. The van der Waals surface area contributed by atoms with Crippen molar-refractivity contribution < 1.29 is 4.42 Å². The van der Waals surface area contributed by atoms with Crippen LogP contribution in [0.3, 0.4) is 0 Å². The van der Waals surface area contributed by atoms with Gasteiger partial charge in [-0.1, -0.05) is 26.0 Å². The summed E-state index contributed by atoms with van der Waals surface area (Å²) in [5, 5.41) is 4.17. The Hall–Kier alpha value is -1.26. The summed E-state index contributed by atoms with van der Waals surface area (Å²) in [6, 6.07) is 6.54. The maximum atomic E-state index is 5.38. The number of nitrogens with one attached hydrogen (secondary N) is 1. The minimum Gasteiger partial charge on any atom is -0.439 e. The number of aromatic nitrogens is 1. The average Bonchev–Trinajstić information content (AvgIpc) is 2.78. The number of aryl methyl sites for hydroxylation is 2. The van der Waals surface area contributed by atoms with Crippen molar-refractivity contribution in [2.75, 3.05) is 6.54 Å². The van der Waals surface area contributed by atoms with E-state index in [2.05, 4.69) is 49.3 Å². The van der Waals surface area contributed by atoms with Crippen LogP contribution in [0, 0.1) is 19.8 Å². The number of oxazole rings is 1. The third-order valence-electron chi connectivity index (χ3n) is 2.92. The Labute approximate surface area is 125 Å². The van der Waals surface area contributed by atoms with E-state index >= 15 is 0 Å². The van der Waals surface area contributed by atoms with Crippen LogP contribution in [0.1, 0.15) is 30.7 Å². The molecule has 3 nitrogen and oxygen atoms in total. The second-order valence-electron chi connectivity index (χ2n) is 5.48. The molecule has 0 radical (unpaired) electrons. The van der Waals surface area contributed by atoms with E-state index in [1.165, 1.54) is 16.0 Å². The van der Waals surface area contributed by atoms with E-state index < -0.39 is 0 Å². The minimum atomic E-state index is 0.680. The molecule has 1 heterocycles. The number of hydrogen-bond acceptors (Lipinski definition) is 4. The maximum absolute atomic E-state index is 5.38. The first kappa shape index (κ1) is 15.1. The van der Waals surface area contributed by atoms with Gasteiger partial charge in [-0.2, -0.15) is 0 Å². The largest absolute Gasteiger partial charge is 0.439 e. The molecular weight excluding hydrogens is 268 g/mol. The molecule has 0 saturated carbocycles. The monoisotopic (exact) mass is 290 g/mol. The molecule has 0 aliphatic rings. The molecule has 0 amide bonds. The zero-order valence-electron chi connectivity index (χ0n) is 12.6. The maximum Gasteiger partial charge on any atom is 0.260 e. The van der Waals surface area contributed by atoms with Crippen LogP contribution < -0.4 is 5.32 Å². The van der Waals surface area contributed by atoms with E-state index in [1.54, 1.807) is 18.0 Å². The van der Waals surface area contributed by atoms with E-state index in [9.17, 15) is 0 Å². The Morgan fingerprint density at radius 3 is 2.70 bits per heavy atom.